The van der Waals surface area contributed by atoms with Gasteiger partial charge in [0, 0.05) is 35.6 Å². The molecule has 0 fully saturated rings. The lowest BCUT2D eigenvalue weighted by Crippen LogP contribution is -2.42. The molecule has 0 bridgehead atoms. The molecule has 2 N–H and O–H groups in total. The second-order valence-corrected chi connectivity index (χ2v) is 7.57. The molecule has 0 unspecified atom stereocenters. The van der Waals surface area contributed by atoms with Crippen molar-refractivity contribution in [3.63, 3.8) is 0 Å². The van der Waals surface area contributed by atoms with Crippen LogP contribution in [0.1, 0.15) is 23.2 Å². The number of hydrogen-bond acceptors (Lipinski definition) is 6. The van der Waals surface area contributed by atoms with Crippen LogP contribution >= 0.6 is 11.8 Å². The molecule has 2 aliphatic rings. The number of thioether (sulfide) groups is 1. The van der Waals surface area contributed by atoms with E-state index in [2.05, 4.69) is 10.9 Å². The number of anilines is 1. The number of hydrogen-bond donors (Lipinski definition) is 2. The SMILES string of the molecule is O=C(CCC(=O)N1CCSc2ccccc21)NNC(=O)c1ccc2c(c1)OCO2. The van der Waals surface area contributed by atoms with Crippen LogP contribution in [0.4, 0.5) is 5.69 Å². The van der Waals surface area contributed by atoms with Gasteiger partial charge in [0.1, 0.15) is 0 Å². The van der Waals surface area contributed by atoms with Crippen molar-refractivity contribution in [1.82, 2.24) is 10.9 Å². The van der Waals surface area contributed by atoms with Crippen molar-refractivity contribution >= 4 is 35.2 Å². The predicted octanol–water partition coefficient (Wildman–Crippen LogP) is 2.10. The molecule has 0 atom stereocenters. The number of rotatable bonds is 4. The van der Waals surface area contributed by atoms with E-state index < -0.39 is 11.8 Å². The fourth-order valence-electron chi connectivity index (χ4n) is 3.08. The topological polar surface area (TPSA) is 97.0 Å². The first kappa shape index (κ1) is 19.1. The number of carbonyl (C=O) groups excluding carboxylic acids is 3. The minimum atomic E-state index is -0.482. The molecule has 0 saturated heterocycles. The Morgan fingerprint density at radius 1 is 1.00 bits per heavy atom. The highest BCUT2D eigenvalue weighted by Crippen LogP contribution is 2.34. The number of carbonyl (C=O) groups is 3. The van der Waals surface area contributed by atoms with Crippen LogP contribution in [0.25, 0.3) is 0 Å². The molecule has 9 heteroatoms. The molecule has 0 saturated carbocycles. The first-order valence-corrected chi connectivity index (χ1v) is 10.1. The summed E-state index contributed by atoms with van der Waals surface area (Å²) in [5, 5.41) is 0. The minimum Gasteiger partial charge on any atom is -0.454 e. The van der Waals surface area contributed by atoms with Gasteiger partial charge in [-0.2, -0.15) is 0 Å². The summed E-state index contributed by atoms with van der Waals surface area (Å²) in [4.78, 5) is 39.6. The first-order chi connectivity index (χ1) is 14.1. The zero-order valence-corrected chi connectivity index (χ0v) is 16.3. The summed E-state index contributed by atoms with van der Waals surface area (Å²) in [6.07, 6.45) is 0.0385. The molecule has 0 aromatic heterocycles. The average molecular weight is 413 g/mol. The van der Waals surface area contributed by atoms with E-state index in [0.29, 0.717) is 23.6 Å². The quantitative estimate of drug-likeness (QED) is 0.745. The molecule has 2 aliphatic heterocycles. The average Bonchev–Trinajstić information content (AvgIpc) is 3.23. The van der Waals surface area contributed by atoms with Crippen molar-refractivity contribution in [3.05, 3.63) is 48.0 Å². The maximum Gasteiger partial charge on any atom is 0.269 e. The first-order valence-electron chi connectivity index (χ1n) is 9.13. The zero-order valence-electron chi connectivity index (χ0n) is 15.5. The number of nitrogens with zero attached hydrogens (tertiary/aromatic N) is 1. The molecule has 150 valence electrons. The fourth-order valence-corrected chi connectivity index (χ4v) is 4.08. The fraction of sp³-hybridized carbons (Fsp3) is 0.250. The van der Waals surface area contributed by atoms with Crippen molar-refractivity contribution in [2.75, 3.05) is 24.0 Å². The third-order valence-corrected chi connectivity index (χ3v) is 5.59. The molecule has 0 aliphatic carbocycles. The summed E-state index contributed by atoms with van der Waals surface area (Å²) < 4.78 is 10.4. The predicted molar refractivity (Wildman–Crippen MR) is 107 cm³/mol. The van der Waals surface area contributed by atoms with E-state index >= 15 is 0 Å². The van der Waals surface area contributed by atoms with Crippen molar-refractivity contribution in [3.8, 4) is 11.5 Å². The van der Waals surface area contributed by atoms with E-state index in [9.17, 15) is 14.4 Å². The third kappa shape index (κ3) is 4.29. The summed E-state index contributed by atoms with van der Waals surface area (Å²) >= 11 is 1.71. The van der Waals surface area contributed by atoms with Crippen molar-refractivity contribution in [2.45, 2.75) is 17.7 Å². The summed E-state index contributed by atoms with van der Waals surface area (Å²) in [6.45, 7) is 0.730. The van der Waals surface area contributed by atoms with Gasteiger partial charge in [-0.1, -0.05) is 12.1 Å². The van der Waals surface area contributed by atoms with Gasteiger partial charge in [0.05, 0.1) is 5.69 Å². The Hall–Kier alpha value is -3.20. The Morgan fingerprint density at radius 3 is 2.72 bits per heavy atom. The lowest BCUT2D eigenvalue weighted by atomic mass is 10.2. The Kier molecular flexibility index (Phi) is 5.57. The normalized spacial score (nSPS) is 14.1. The summed E-state index contributed by atoms with van der Waals surface area (Å²) in [5.74, 6) is 0.837. The van der Waals surface area contributed by atoms with Crippen molar-refractivity contribution < 1.29 is 23.9 Å². The van der Waals surface area contributed by atoms with E-state index in [1.807, 2.05) is 24.3 Å². The molecule has 2 aromatic rings. The molecule has 3 amide bonds. The van der Waals surface area contributed by atoms with Gasteiger partial charge in [0.2, 0.25) is 18.6 Å². The van der Waals surface area contributed by atoms with Crippen molar-refractivity contribution in [2.24, 2.45) is 0 Å². The van der Waals surface area contributed by atoms with Gasteiger partial charge in [-0.25, -0.2) is 0 Å². The minimum absolute atomic E-state index is 0.0218. The summed E-state index contributed by atoms with van der Waals surface area (Å²) in [6, 6.07) is 12.5. The van der Waals surface area contributed by atoms with E-state index in [-0.39, 0.29) is 25.5 Å². The highest BCUT2D eigenvalue weighted by molar-refractivity contribution is 7.99. The summed E-state index contributed by atoms with van der Waals surface area (Å²) in [5.41, 5.74) is 5.89. The number of ether oxygens (including phenoxy) is 2. The Bertz CT molecular complexity index is 965. The standard InChI is InChI=1S/C20H19N3O5S/c24-18(21-22-20(26)13-5-6-15-16(11-13)28-12-27-15)7-8-19(25)23-9-10-29-17-4-2-1-3-14(17)23/h1-6,11H,7-10,12H2,(H,21,24)(H,22,26). The molecular weight excluding hydrogens is 394 g/mol. The van der Waals surface area contributed by atoms with Crippen LogP contribution in [0.5, 0.6) is 11.5 Å². The van der Waals surface area contributed by atoms with Gasteiger partial charge in [0.15, 0.2) is 11.5 Å². The molecule has 0 radical (unpaired) electrons. The maximum atomic E-state index is 12.6. The van der Waals surface area contributed by atoms with E-state index in [1.54, 1.807) is 34.9 Å². The van der Waals surface area contributed by atoms with Gasteiger partial charge in [0.25, 0.3) is 5.91 Å². The molecule has 2 aromatic carbocycles. The lowest BCUT2D eigenvalue weighted by molar-refractivity contribution is -0.125. The highest BCUT2D eigenvalue weighted by Gasteiger charge is 2.23. The lowest BCUT2D eigenvalue weighted by Gasteiger charge is -2.29. The molecule has 8 nitrogen and oxygen atoms in total. The number of nitrogens with one attached hydrogen (secondary N) is 2. The smallest absolute Gasteiger partial charge is 0.269 e. The second kappa shape index (κ2) is 8.44. The van der Waals surface area contributed by atoms with E-state index in [0.717, 1.165) is 16.3 Å². The maximum absolute atomic E-state index is 12.6. The van der Waals surface area contributed by atoms with Crippen LogP contribution < -0.4 is 25.2 Å². The van der Waals surface area contributed by atoms with Gasteiger partial charge < -0.3 is 14.4 Å². The Balaban J connectivity index is 1.26. The molecule has 4 rings (SSSR count). The van der Waals surface area contributed by atoms with Crippen LogP contribution in [0.3, 0.4) is 0 Å². The molecule has 0 spiro atoms. The number of amides is 3. The van der Waals surface area contributed by atoms with Gasteiger partial charge in [-0.15, -0.1) is 11.8 Å². The van der Waals surface area contributed by atoms with Gasteiger partial charge >= 0.3 is 0 Å². The van der Waals surface area contributed by atoms with Crippen LogP contribution in [-0.4, -0.2) is 36.8 Å². The van der Waals surface area contributed by atoms with Crippen molar-refractivity contribution in [1.29, 1.82) is 0 Å². The Morgan fingerprint density at radius 2 is 1.83 bits per heavy atom. The second-order valence-electron chi connectivity index (χ2n) is 6.43. The van der Waals surface area contributed by atoms with Crippen LogP contribution in [0.2, 0.25) is 0 Å². The van der Waals surface area contributed by atoms with Gasteiger partial charge in [-0.3, -0.25) is 25.2 Å². The summed E-state index contributed by atoms with van der Waals surface area (Å²) in [7, 11) is 0. The number of hydrazine groups is 1. The highest BCUT2D eigenvalue weighted by atomic mass is 32.2. The zero-order chi connectivity index (χ0) is 20.2. The number of benzene rings is 2. The molecule has 2 heterocycles. The van der Waals surface area contributed by atoms with E-state index in [1.165, 1.54) is 0 Å². The van der Waals surface area contributed by atoms with Crippen LogP contribution in [0, 0.1) is 0 Å². The molecular formula is C20H19N3O5S. The Labute approximate surface area is 171 Å². The molecule has 29 heavy (non-hydrogen) atoms. The third-order valence-electron chi connectivity index (χ3n) is 4.55. The van der Waals surface area contributed by atoms with E-state index in [4.69, 9.17) is 9.47 Å². The van der Waals surface area contributed by atoms with Gasteiger partial charge in [-0.05, 0) is 30.3 Å². The number of fused-ring (bicyclic) bond motifs is 2. The largest absolute Gasteiger partial charge is 0.454 e. The number of para-hydroxylation sites is 1. The van der Waals surface area contributed by atoms with Crippen LogP contribution in [-0.2, 0) is 9.59 Å². The van der Waals surface area contributed by atoms with Crippen LogP contribution in [0.15, 0.2) is 47.4 Å². The monoisotopic (exact) mass is 413 g/mol.